The molecular formula is C40H43ClN8O4. The zero-order valence-corrected chi connectivity index (χ0v) is 30.4. The second-order valence-corrected chi connectivity index (χ2v) is 14.4. The lowest BCUT2D eigenvalue weighted by atomic mass is 9.99. The van der Waals surface area contributed by atoms with Gasteiger partial charge in [0.2, 0.25) is 0 Å². The van der Waals surface area contributed by atoms with Crippen molar-refractivity contribution >= 4 is 33.4 Å². The molecule has 53 heavy (non-hydrogen) atoms. The lowest BCUT2D eigenvalue weighted by molar-refractivity contribution is 0.103. The summed E-state index contributed by atoms with van der Waals surface area (Å²) in [6.45, 7) is 5.48. The van der Waals surface area contributed by atoms with E-state index in [9.17, 15) is 20.6 Å². The van der Waals surface area contributed by atoms with Crippen LogP contribution in [0.15, 0.2) is 79.4 Å². The van der Waals surface area contributed by atoms with Gasteiger partial charge in [0.25, 0.3) is 0 Å². The van der Waals surface area contributed by atoms with E-state index in [1.54, 1.807) is 19.2 Å². The van der Waals surface area contributed by atoms with Crippen LogP contribution >= 0.6 is 11.6 Å². The van der Waals surface area contributed by atoms with Crippen LogP contribution < -0.4 is 10.1 Å². The number of hydrogen-bond acceptors (Lipinski definition) is 10. The molecule has 0 unspecified atom stereocenters. The number of nitrogens with zero attached hydrogens (tertiary/aromatic N) is 7. The van der Waals surface area contributed by atoms with Crippen LogP contribution in [0.1, 0.15) is 42.0 Å². The van der Waals surface area contributed by atoms with Crippen molar-refractivity contribution in [3.63, 3.8) is 0 Å². The van der Waals surface area contributed by atoms with Gasteiger partial charge < -0.3 is 30.3 Å². The number of β-amino-alcohol motifs (C(OH)–C–C–N with tert-alkyl or cyclic N) is 1. The molecule has 4 N–H and O–H groups in total. The van der Waals surface area contributed by atoms with E-state index in [-0.39, 0.29) is 32.5 Å². The molecule has 3 aromatic heterocycles. The fraction of sp³-hybridized carbons (Fsp3) is 0.350. The van der Waals surface area contributed by atoms with E-state index in [0.717, 1.165) is 88.6 Å². The minimum absolute atomic E-state index is 0.173. The van der Waals surface area contributed by atoms with Gasteiger partial charge in [-0.05, 0) is 66.8 Å². The molecule has 0 bridgehead atoms. The van der Waals surface area contributed by atoms with Crippen LogP contribution in [-0.2, 0) is 26.2 Å². The van der Waals surface area contributed by atoms with Gasteiger partial charge in [0.1, 0.15) is 18.4 Å². The average Bonchev–Trinajstić information content (AvgIpc) is 3.92. The van der Waals surface area contributed by atoms with Gasteiger partial charge in [-0.2, -0.15) is 15.5 Å². The highest BCUT2D eigenvalue weighted by molar-refractivity contribution is 6.31. The van der Waals surface area contributed by atoms with E-state index < -0.39 is 5.54 Å². The number of pyridine rings is 1. The number of aryl methyl sites for hydroxylation is 1. The van der Waals surface area contributed by atoms with Gasteiger partial charge in [-0.1, -0.05) is 35.9 Å². The molecular weight excluding hydrogens is 692 g/mol. The van der Waals surface area contributed by atoms with Crippen LogP contribution in [0.3, 0.4) is 0 Å². The minimum atomic E-state index is -0.902. The highest BCUT2D eigenvalue weighted by Crippen LogP contribution is 2.35. The molecule has 12 nitrogen and oxygen atoms in total. The van der Waals surface area contributed by atoms with Gasteiger partial charge in [-0.25, -0.2) is 0 Å². The lowest BCUT2D eigenvalue weighted by Gasteiger charge is -2.27. The molecule has 1 aliphatic rings. The van der Waals surface area contributed by atoms with Gasteiger partial charge in [-0.3, -0.25) is 14.3 Å². The Morgan fingerprint density at radius 1 is 0.943 bits per heavy atom. The number of rotatable bonds is 15. The van der Waals surface area contributed by atoms with Gasteiger partial charge in [0.05, 0.1) is 60.4 Å². The first kappa shape index (κ1) is 36.5. The predicted molar refractivity (Wildman–Crippen MR) is 203 cm³/mol. The molecule has 13 heteroatoms. The second-order valence-electron chi connectivity index (χ2n) is 14.0. The minimum Gasteiger partial charge on any atom is -0.489 e. The molecule has 0 saturated carbocycles. The summed E-state index contributed by atoms with van der Waals surface area (Å²) in [5.74, 6) is 0.566. The summed E-state index contributed by atoms with van der Waals surface area (Å²) in [5.41, 5.74) is 5.99. The Labute approximate surface area is 312 Å². The first-order chi connectivity index (χ1) is 25.8. The Balaban J connectivity index is 1.15. The molecule has 274 valence electrons. The molecule has 1 aliphatic heterocycles. The van der Waals surface area contributed by atoms with Crippen LogP contribution in [0, 0.1) is 11.3 Å². The van der Waals surface area contributed by atoms with E-state index >= 15 is 0 Å². The van der Waals surface area contributed by atoms with E-state index in [4.69, 9.17) is 26.5 Å². The summed E-state index contributed by atoms with van der Waals surface area (Å²) in [4.78, 5) is 6.46. The number of hydrogen-bond donors (Lipinski definition) is 4. The number of likely N-dealkylation sites (tertiary alicyclic amines) is 1. The molecule has 0 spiro atoms. The Hall–Kier alpha value is -4.87. The molecule has 1 atom stereocenters. The maximum Gasteiger partial charge on any atom is 0.124 e. The summed E-state index contributed by atoms with van der Waals surface area (Å²) in [7, 11) is 0. The molecule has 1 fully saturated rings. The van der Waals surface area contributed by atoms with Crippen LogP contribution in [0.4, 0.5) is 0 Å². The predicted octanol–water partition coefficient (Wildman–Crippen LogP) is 4.89. The summed E-state index contributed by atoms with van der Waals surface area (Å²) in [5, 5.41) is 54.3. The monoisotopic (exact) mass is 734 g/mol. The number of benzene rings is 3. The highest BCUT2D eigenvalue weighted by Gasteiger charge is 2.23. The fourth-order valence-electron chi connectivity index (χ4n) is 6.89. The second kappa shape index (κ2) is 16.0. The third kappa shape index (κ3) is 8.06. The largest absolute Gasteiger partial charge is 0.489 e. The Bertz CT molecular complexity index is 2260. The molecule has 4 heterocycles. The van der Waals surface area contributed by atoms with Gasteiger partial charge in [0.15, 0.2) is 0 Å². The maximum atomic E-state index is 9.87. The van der Waals surface area contributed by atoms with E-state index in [2.05, 4.69) is 50.2 Å². The van der Waals surface area contributed by atoms with E-state index in [0.29, 0.717) is 22.9 Å². The number of ether oxygens (including phenoxy) is 1. The normalized spacial score (nSPS) is 15.1. The topological polar surface area (TPSA) is 158 Å². The van der Waals surface area contributed by atoms with Crippen molar-refractivity contribution in [1.82, 2.24) is 34.8 Å². The fourth-order valence-corrected chi connectivity index (χ4v) is 7.14. The van der Waals surface area contributed by atoms with Gasteiger partial charge in [-0.15, -0.1) is 0 Å². The molecule has 0 radical (unpaired) electrons. The summed E-state index contributed by atoms with van der Waals surface area (Å²) >= 11 is 6.93. The molecule has 6 aromatic rings. The van der Waals surface area contributed by atoms with Gasteiger partial charge in [0, 0.05) is 72.0 Å². The van der Waals surface area contributed by atoms with Crippen molar-refractivity contribution in [2.24, 2.45) is 0 Å². The SMILES string of the molecule is CC(CO)(CO)NCc1cc(Cl)c(Cn2ncc3c(-c4cccc5c4cnn5CCCN4CC[C@@H](O)C4)cccc32)cc1OCc1cncc(C#N)c1. The van der Waals surface area contributed by atoms with Crippen LogP contribution in [0.5, 0.6) is 5.75 Å². The van der Waals surface area contributed by atoms with Crippen LogP contribution in [0.2, 0.25) is 5.02 Å². The number of halogens is 1. The first-order valence-corrected chi connectivity index (χ1v) is 18.2. The zero-order chi connectivity index (χ0) is 37.0. The Morgan fingerprint density at radius 2 is 1.66 bits per heavy atom. The number of nitriles is 1. The lowest BCUT2D eigenvalue weighted by Crippen LogP contribution is -2.48. The number of fused-ring (bicyclic) bond motifs is 2. The number of aromatic nitrogens is 5. The Kier molecular flexibility index (Phi) is 11.0. The third-order valence-corrected chi connectivity index (χ3v) is 10.4. The number of aliphatic hydroxyl groups is 3. The molecule has 0 aliphatic carbocycles. The van der Waals surface area contributed by atoms with E-state index in [1.165, 1.54) is 6.20 Å². The molecule has 7 rings (SSSR count). The highest BCUT2D eigenvalue weighted by atomic mass is 35.5. The number of nitrogens with one attached hydrogen (secondary N) is 1. The van der Waals surface area contributed by atoms with Crippen molar-refractivity contribution < 1.29 is 20.1 Å². The van der Waals surface area contributed by atoms with Crippen LogP contribution in [-0.4, -0.2) is 89.3 Å². The standard InChI is InChI=1S/C40H43ClN8O4/c1-40(25-50,26-51)44-19-29-14-36(41)30(15-39(29)53-24-28-13-27(16-42)17-43-18-28)22-49-38-8-3-6-33(35(38)21-46-49)32-5-2-7-37-34(32)20-45-48(37)11-4-10-47-12-9-31(52)23-47/h2-3,5-8,13-15,17-18,20-21,31,44,50-52H,4,9-12,19,22-26H2,1H3/t31-/m1/s1. The zero-order valence-electron chi connectivity index (χ0n) is 29.6. The maximum absolute atomic E-state index is 9.87. The number of aliphatic hydroxyl groups excluding tert-OH is 3. The van der Waals surface area contributed by atoms with Gasteiger partial charge >= 0.3 is 0 Å². The molecule has 1 saturated heterocycles. The molecule has 3 aromatic carbocycles. The van der Waals surface area contributed by atoms with Crippen molar-refractivity contribution in [3.05, 3.63) is 107 Å². The summed E-state index contributed by atoms with van der Waals surface area (Å²) in [6, 6.07) is 20.1. The summed E-state index contributed by atoms with van der Waals surface area (Å²) < 4.78 is 10.3. The van der Waals surface area contributed by atoms with E-state index in [1.807, 2.05) is 41.3 Å². The first-order valence-electron chi connectivity index (χ1n) is 17.8. The van der Waals surface area contributed by atoms with Crippen molar-refractivity contribution in [2.75, 3.05) is 32.8 Å². The smallest absolute Gasteiger partial charge is 0.124 e. The summed E-state index contributed by atoms with van der Waals surface area (Å²) in [6.07, 6.45) is 8.59. The Morgan fingerprint density at radius 3 is 2.34 bits per heavy atom. The average molecular weight is 735 g/mol. The third-order valence-electron chi connectivity index (χ3n) is 10.0. The van der Waals surface area contributed by atoms with Crippen LogP contribution in [0.25, 0.3) is 32.9 Å². The quantitative estimate of drug-likeness (QED) is 0.115. The van der Waals surface area contributed by atoms with Crippen molar-refractivity contribution in [3.8, 4) is 22.9 Å². The van der Waals surface area contributed by atoms with Crippen molar-refractivity contribution in [2.45, 2.75) is 57.6 Å². The molecule has 0 amide bonds. The van der Waals surface area contributed by atoms with Crippen molar-refractivity contribution in [1.29, 1.82) is 5.26 Å².